The predicted octanol–water partition coefficient (Wildman–Crippen LogP) is 5.94. The molecule has 6 heteroatoms. The number of ether oxygens (including phenoxy) is 3. The van der Waals surface area contributed by atoms with Crippen LogP contribution in [0.15, 0.2) is 52.3 Å². The molecule has 0 aliphatic rings. The molecule has 0 heterocycles. The van der Waals surface area contributed by atoms with Crippen molar-refractivity contribution in [2.45, 2.75) is 36.7 Å². The van der Waals surface area contributed by atoms with E-state index in [1.165, 1.54) is 0 Å². The van der Waals surface area contributed by atoms with E-state index in [4.69, 9.17) is 14.2 Å². The summed E-state index contributed by atoms with van der Waals surface area (Å²) in [4.78, 5) is 2.02. The molecule has 0 saturated carbocycles. The number of thiol groups is 1. The highest BCUT2D eigenvalue weighted by molar-refractivity contribution is 8.76. The topological polar surface area (TPSA) is 27.7 Å². The molecule has 3 nitrogen and oxygen atoms in total. The molecule has 0 unspecified atom stereocenters. The third-order valence-corrected chi connectivity index (χ3v) is 5.13. The molecule has 0 saturated heterocycles. The van der Waals surface area contributed by atoms with Crippen LogP contribution in [-0.4, -0.2) is 18.6 Å². The van der Waals surface area contributed by atoms with E-state index in [2.05, 4.69) is 24.8 Å². The monoisotopic (exact) mass is 382 g/mol. The molecule has 0 radical (unpaired) electrons. The van der Waals surface area contributed by atoms with Crippen molar-refractivity contribution in [3.63, 3.8) is 0 Å². The first kappa shape index (κ1) is 19.2. The highest BCUT2D eigenvalue weighted by Gasteiger charge is 2.06. The van der Waals surface area contributed by atoms with Gasteiger partial charge in [0, 0.05) is 9.79 Å². The van der Waals surface area contributed by atoms with E-state index in [0.717, 1.165) is 27.0 Å². The first-order valence-corrected chi connectivity index (χ1v) is 10.5. The molecule has 0 fully saturated rings. The zero-order chi connectivity index (χ0) is 17.4. The van der Waals surface area contributed by atoms with Gasteiger partial charge in [-0.05, 0) is 74.0 Å². The van der Waals surface area contributed by atoms with Crippen molar-refractivity contribution < 1.29 is 14.2 Å². The molecule has 0 amide bonds. The van der Waals surface area contributed by atoms with E-state index in [0.29, 0.717) is 12.5 Å². The molecular formula is C18H22O3S3. The molecule has 24 heavy (non-hydrogen) atoms. The standard InChI is InChI=1S/C18H22O3S3/c1-4-19-18-11-15(22)7-10-17(18)20-12-23-24-16-8-5-14(6-9-16)21-13(2)3/h5-11,13,22H,4,12H2,1-3H3. The van der Waals surface area contributed by atoms with Gasteiger partial charge in [0.05, 0.1) is 12.7 Å². The molecule has 2 aromatic rings. The van der Waals surface area contributed by atoms with Crippen LogP contribution in [0.4, 0.5) is 0 Å². The maximum absolute atomic E-state index is 5.80. The fraction of sp³-hybridized carbons (Fsp3) is 0.333. The molecule has 2 aromatic carbocycles. The first-order valence-electron chi connectivity index (χ1n) is 7.73. The Labute approximate surface area is 157 Å². The smallest absolute Gasteiger partial charge is 0.162 e. The van der Waals surface area contributed by atoms with E-state index < -0.39 is 0 Å². The third kappa shape index (κ3) is 6.42. The zero-order valence-corrected chi connectivity index (χ0v) is 16.5. The Morgan fingerprint density at radius 3 is 2.42 bits per heavy atom. The van der Waals surface area contributed by atoms with Crippen LogP contribution >= 0.6 is 34.2 Å². The number of hydrogen-bond donors (Lipinski definition) is 1. The zero-order valence-electron chi connectivity index (χ0n) is 14.0. The largest absolute Gasteiger partial charge is 0.491 e. The van der Waals surface area contributed by atoms with Gasteiger partial charge in [-0.3, -0.25) is 0 Å². The second-order valence-corrected chi connectivity index (χ2v) is 8.00. The molecule has 0 aromatic heterocycles. The van der Waals surface area contributed by atoms with Crippen LogP contribution in [-0.2, 0) is 0 Å². The maximum Gasteiger partial charge on any atom is 0.162 e. The van der Waals surface area contributed by atoms with Gasteiger partial charge in [-0.2, -0.15) is 0 Å². The van der Waals surface area contributed by atoms with Gasteiger partial charge < -0.3 is 14.2 Å². The normalized spacial score (nSPS) is 10.7. The average molecular weight is 383 g/mol. The van der Waals surface area contributed by atoms with Crippen LogP contribution in [0, 0.1) is 0 Å². The molecule has 0 bridgehead atoms. The highest BCUT2D eigenvalue weighted by atomic mass is 33.1. The van der Waals surface area contributed by atoms with Gasteiger partial charge in [-0.25, -0.2) is 0 Å². The van der Waals surface area contributed by atoms with Gasteiger partial charge in [0.15, 0.2) is 11.5 Å². The number of benzene rings is 2. The second-order valence-electron chi connectivity index (χ2n) is 5.17. The minimum absolute atomic E-state index is 0.189. The molecule has 130 valence electrons. The number of hydrogen-bond acceptors (Lipinski definition) is 6. The van der Waals surface area contributed by atoms with Crippen molar-refractivity contribution in [1.82, 2.24) is 0 Å². The summed E-state index contributed by atoms with van der Waals surface area (Å²) in [6, 6.07) is 13.7. The Morgan fingerprint density at radius 2 is 1.75 bits per heavy atom. The molecule has 0 aliphatic heterocycles. The molecule has 0 N–H and O–H groups in total. The summed E-state index contributed by atoms with van der Waals surface area (Å²) < 4.78 is 17.0. The Kier molecular flexibility index (Phi) is 8.02. The first-order chi connectivity index (χ1) is 11.6. The fourth-order valence-corrected chi connectivity index (χ4v) is 3.74. The minimum atomic E-state index is 0.189. The van der Waals surface area contributed by atoms with Crippen LogP contribution < -0.4 is 14.2 Å². The van der Waals surface area contributed by atoms with Gasteiger partial charge in [0.25, 0.3) is 0 Å². The second kappa shape index (κ2) is 10.0. The minimum Gasteiger partial charge on any atom is -0.491 e. The Morgan fingerprint density at radius 1 is 1.00 bits per heavy atom. The lowest BCUT2D eigenvalue weighted by Crippen LogP contribution is -2.04. The van der Waals surface area contributed by atoms with E-state index in [1.807, 2.05) is 51.1 Å². The number of rotatable bonds is 9. The lowest BCUT2D eigenvalue weighted by Gasteiger charge is -2.12. The van der Waals surface area contributed by atoms with E-state index in [1.54, 1.807) is 21.6 Å². The molecule has 0 aliphatic carbocycles. The van der Waals surface area contributed by atoms with Crippen molar-refractivity contribution in [2.24, 2.45) is 0 Å². The summed E-state index contributed by atoms with van der Waals surface area (Å²) in [6.07, 6.45) is 0.189. The SMILES string of the molecule is CCOc1cc(S)ccc1OCSSc1ccc(OC(C)C)cc1. The lowest BCUT2D eigenvalue weighted by molar-refractivity contribution is 0.242. The lowest BCUT2D eigenvalue weighted by atomic mass is 10.3. The van der Waals surface area contributed by atoms with Crippen molar-refractivity contribution in [1.29, 1.82) is 0 Å². The maximum atomic E-state index is 5.80. The van der Waals surface area contributed by atoms with Crippen LogP contribution in [0.2, 0.25) is 0 Å². The summed E-state index contributed by atoms with van der Waals surface area (Å²) in [6.45, 7) is 6.59. The summed E-state index contributed by atoms with van der Waals surface area (Å²) in [5.74, 6) is 2.89. The van der Waals surface area contributed by atoms with Crippen LogP contribution in [0.1, 0.15) is 20.8 Å². The summed E-state index contributed by atoms with van der Waals surface area (Å²) >= 11 is 4.32. The van der Waals surface area contributed by atoms with Gasteiger partial charge in [-0.15, -0.1) is 12.6 Å². The molecule has 2 rings (SSSR count). The summed E-state index contributed by atoms with van der Waals surface area (Å²) in [5, 5.41) is 0. The van der Waals surface area contributed by atoms with Gasteiger partial charge in [0.1, 0.15) is 11.7 Å². The van der Waals surface area contributed by atoms with E-state index >= 15 is 0 Å². The van der Waals surface area contributed by atoms with E-state index in [-0.39, 0.29) is 6.10 Å². The van der Waals surface area contributed by atoms with Gasteiger partial charge in [0.2, 0.25) is 0 Å². The summed E-state index contributed by atoms with van der Waals surface area (Å²) in [7, 11) is 3.30. The Bertz CT molecular complexity index is 630. The fourth-order valence-electron chi connectivity index (χ4n) is 1.91. The third-order valence-electron chi connectivity index (χ3n) is 2.84. The summed E-state index contributed by atoms with van der Waals surface area (Å²) in [5.41, 5.74) is 0. The van der Waals surface area contributed by atoms with Crippen molar-refractivity contribution >= 4 is 34.2 Å². The van der Waals surface area contributed by atoms with Crippen LogP contribution in [0.3, 0.4) is 0 Å². The quantitative estimate of drug-likeness (QED) is 0.251. The molecule has 0 atom stereocenters. The Balaban J connectivity index is 1.80. The highest BCUT2D eigenvalue weighted by Crippen LogP contribution is 2.35. The van der Waals surface area contributed by atoms with Crippen molar-refractivity contribution in [3.8, 4) is 17.2 Å². The van der Waals surface area contributed by atoms with Crippen LogP contribution in [0.25, 0.3) is 0 Å². The van der Waals surface area contributed by atoms with Crippen molar-refractivity contribution in [3.05, 3.63) is 42.5 Å². The van der Waals surface area contributed by atoms with Gasteiger partial charge >= 0.3 is 0 Å². The Hall–Kier alpha value is -1.11. The van der Waals surface area contributed by atoms with Crippen LogP contribution in [0.5, 0.6) is 17.2 Å². The van der Waals surface area contributed by atoms with Crippen molar-refractivity contribution in [2.75, 3.05) is 12.5 Å². The predicted molar refractivity (Wildman–Crippen MR) is 106 cm³/mol. The molecular weight excluding hydrogens is 360 g/mol. The van der Waals surface area contributed by atoms with Gasteiger partial charge in [-0.1, -0.05) is 10.8 Å². The average Bonchev–Trinajstić information content (AvgIpc) is 2.54. The van der Waals surface area contributed by atoms with E-state index in [9.17, 15) is 0 Å². The molecule has 0 spiro atoms.